The third-order valence-corrected chi connectivity index (χ3v) is 5.30. The lowest BCUT2D eigenvalue weighted by molar-refractivity contribution is 0.460. The molecule has 1 aromatic rings. The second kappa shape index (κ2) is 4.31. The van der Waals surface area contributed by atoms with Gasteiger partial charge in [0.25, 0.3) is 0 Å². The molecule has 0 heterocycles. The van der Waals surface area contributed by atoms with Gasteiger partial charge >= 0.3 is 0 Å². The van der Waals surface area contributed by atoms with Gasteiger partial charge in [0, 0.05) is 5.38 Å². The van der Waals surface area contributed by atoms with Gasteiger partial charge in [-0.05, 0) is 74.0 Å². The zero-order valence-corrected chi connectivity index (χ0v) is 11.5. The Morgan fingerprint density at radius 2 is 1.82 bits per heavy atom. The van der Waals surface area contributed by atoms with Crippen LogP contribution >= 0.6 is 11.6 Å². The molecule has 0 amide bonds. The van der Waals surface area contributed by atoms with Crippen LogP contribution in [-0.2, 0) is 6.42 Å². The van der Waals surface area contributed by atoms with E-state index < -0.39 is 0 Å². The van der Waals surface area contributed by atoms with Crippen LogP contribution in [0.5, 0.6) is 0 Å². The molecule has 0 N–H and O–H groups in total. The largest absolute Gasteiger partial charge is 0.122 e. The summed E-state index contributed by atoms with van der Waals surface area (Å²) in [6, 6.07) is 6.77. The van der Waals surface area contributed by atoms with Crippen molar-refractivity contribution in [2.45, 2.75) is 44.9 Å². The van der Waals surface area contributed by atoms with Crippen molar-refractivity contribution in [2.75, 3.05) is 0 Å². The van der Waals surface area contributed by atoms with Crippen LogP contribution in [0.15, 0.2) is 18.2 Å². The zero-order valence-electron chi connectivity index (χ0n) is 10.7. The summed E-state index contributed by atoms with van der Waals surface area (Å²) >= 11 is 6.60. The summed E-state index contributed by atoms with van der Waals surface area (Å²) in [7, 11) is 0. The molecule has 0 spiro atoms. The standard InChI is InChI=1S/C16H21Cl/c1-10-3-4-12(5-11(10)2)6-16(17)15-8-13-7-14(13)9-15/h3-5,13-16H,6-9H2,1-2H3. The third kappa shape index (κ3) is 2.38. The van der Waals surface area contributed by atoms with E-state index in [0.717, 1.165) is 24.2 Å². The zero-order chi connectivity index (χ0) is 12.0. The molecule has 3 atom stereocenters. The summed E-state index contributed by atoms with van der Waals surface area (Å²) in [6.45, 7) is 4.36. The summed E-state index contributed by atoms with van der Waals surface area (Å²) < 4.78 is 0. The van der Waals surface area contributed by atoms with Crippen molar-refractivity contribution in [3.63, 3.8) is 0 Å². The van der Waals surface area contributed by atoms with Crippen LogP contribution in [0.3, 0.4) is 0 Å². The van der Waals surface area contributed by atoms with Crippen LogP contribution in [0.4, 0.5) is 0 Å². The number of benzene rings is 1. The molecule has 0 nitrogen and oxygen atoms in total. The van der Waals surface area contributed by atoms with E-state index in [9.17, 15) is 0 Å². The number of hydrogen-bond donors (Lipinski definition) is 0. The van der Waals surface area contributed by atoms with E-state index in [4.69, 9.17) is 11.6 Å². The summed E-state index contributed by atoms with van der Waals surface area (Å²) in [5, 5.41) is 0.352. The Morgan fingerprint density at radius 1 is 1.12 bits per heavy atom. The lowest BCUT2D eigenvalue weighted by Crippen LogP contribution is -2.16. The van der Waals surface area contributed by atoms with Gasteiger partial charge in [-0.1, -0.05) is 18.2 Å². The van der Waals surface area contributed by atoms with E-state index in [-0.39, 0.29) is 0 Å². The first-order chi connectivity index (χ1) is 8.13. The average molecular weight is 249 g/mol. The monoisotopic (exact) mass is 248 g/mol. The van der Waals surface area contributed by atoms with Crippen LogP contribution in [0, 0.1) is 31.6 Å². The van der Waals surface area contributed by atoms with Gasteiger partial charge < -0.3 is 0 Å². The Hall–Kier alpha value is -0.490. The summed E-state index contributed by atoms with van der Waals surface area (Å²) in [5.41, 5.74) is 4.18. The maximum absolute atomic E-state index is 6.60. The maximum Gasteiger partial charge on any atom is 0.0404 e. The molecule has 17 heavy (non-hydrogen) atoms. The predicted molar refractivity (Wildman–Crippen MR) is 73.6 cm³/mol. The minimum atomic E-state index is 0.352. The number of hydrogen-bond acceptors (Lipinski definition) is 0. The molecule has 0 radical (unpaired) electrons. The third-order valence-electron chi connectivity index (χ3n) is 4.79. The smallest absolute Gasteiger partial charge is 0.0404 e. The fourth-order valence-corrected chi connectivity index (χ4v) is 3.76. The second-order valence-electron chi connectivity index (χ2n) is 6.13. The maximum atomic E-state index is 6.60. The molecule has 3 rings (SSSR count). The molecule has 1 aromatic carbocycles. The van der Waals surface area contributed by atoms with Crippen molar-refractivity contribution in [1.82, 2.24) is 0 Å². The first-order valence-electron chi connectivity index (χ1n) is 6.83. The minimum Gasteiger partial charge on any atom is -0.122 e. The number of aryl methyl sites for hydroxylation is 2. The van der Waals surface area contributed by atoms with Crippen molar-refractivity contribution in [3.8, 4) is 0 Å². The molecule has 0 aliphatic heterocycles. The molecule has 92 valence electrons. The van der Waals surface area contributed by atoms with Crippen LogP contribution < -0.4 is 0 Å². The van der Waals surface area contributed by atoms with Gasteiger partial charge in [0.15, 0.2) is 0 Å². The molecule has 0 bridgehead atoms. The number of halogens is 1. The summed E-state index contributed by atoms with van der Waals surface area (Å²) in [6.07, 6.45) is 5.32. The van der Waals surface area contributed by atoms with E-state index in [1.165, 1.54) is 36.0 Å². The van der Waals surface area contributed by atoms with Crippen LogP contribution in [-0.4, -0.2) is 5.38 Å². The fourth-order valence-electron chi connectivity index (χ4n) is 3.38. The molecule has 0 aromatic heterocycles. The predicted octanol–water partition coefficient (Wildman–Crippen LogP) is 4.50. The van der Waals surface area contributed by atoms with Gasteiger partial charge in [-0.25, -0.2) is 0 Å². The van der Waals surface area contributed by atoms with E-state index in [0.29, 0.717) is 5.38 Å². The highest BCUT2D eigenvalue weighted by Gasteiger charge is 2.47. The summed E-state index contributed by atoms with van der Waals surface area (Å²) in [4.78, 5) is 0. The highest BCUT2D eigenvalue weighted by atomic mass is 35.5. The summed E-state index contributed by atoms with van der Waals surface area (Å²) in [5.74, 6) is 2.86. The molecule has 2 aliphatic carbocycles. The highest BCUT2D eigenvalue weighted by molar-refractivity contribution is 6.21. The molecule has 1 heteroatoms. The second-order valence-corrected chi connectivity index (χ2v) is 6.69. The van der Waals surface area contributed by atoms with Crippen molar-refractivity contribution >= 4 is 11.6 Å². The van der Waals surface area contributed by atoms with Crippen molar-refractivity contribution in [2.24, 2.45) is 17.8 Å². The Morgan fingerprint density at radius 3 is 2.47 bits per heavy atom. The minimum absolute atomic E-state index is 0.352. The number of fused-ring (bicyclic) bond motifs is 1. The molecule has 2 saturated carbocycles. The highest BCUT2D eigenvalue weighted by Crippen LogP contribution is 2.56. The van der Waals surface area contributed by atoms with Gasteiger partial charge in [-0.2, -0.15) is 0 Å². The SMILES string of the molecule is Cc1ccc(CC(Cl)C2CC3CC3C2)cc1C. The van der Waals surface area contributed by atoms with Gasteiger partial charge in [-0.15, -0.1) is 11.6 Å². The molecular formula is C16H21Cl. The quantitative estimate of drug-likeness (QED) is 0.691. The lowest BCUT2D eigenvalue weighted by atomic mass is 9.93. The van der Waals surface area contributed by atoms with Crippen molar-refractivity contribution < 1.29 is 0 Å². The first-order valence-corrected chi connectivity index (χ1v) is 7.27. The van der Waals surface area contributed by atoms with Crippen LogP contribution in [0.1, 0.15) is 36.0 Å². The van der Waals surface area contributed by atoms with Gasteiger partial charge in [-0.3, -0.25) is 0 Å². The van der Waals surface area contributed by atoms with E-state index >= 15 is 0 Å². The number of alkyl halides is 1. The van der Waals surface area contributed by atoms with Gasteiger partial charge in [0.2, 0.25) is 0 Å². The van der Waals surface area contributed by atoms with Crippen LogP contribution in [0.25, 0.3) is 0 Å². The molecule has 2 fully saturated rings. The molecular weight excluding hydrogens is 228 g/mol. The van der Waals surface area contributed by atoms with Crippen LogP contribution in [0.2, 0.25) is 0 Å². The Bertz CT molecular complexity index is 414. The number of rotatable bonds is 3. The van der Waals surface area contributed by atoms with E-state index in [2.05, 4.69) is 32.0 Å². The Balaban J connectivity index is 1.63. The molecule has 3 unspecified atom stereocenters. The lowest BCUT2D eigenvalue weighted by Gasteiger charge is -2.19. The Labute approximate surface area is 109 Å². The van der Waals surface area contributed by atoms with E-state index in [1.54, 1.807) is 0 Å². The van der Waals surface area contributed by atoms with Gasteiger partial charge in [0.1, 0.15) is 0 Å². The Kier molecular flexibility index (Phi) is 2.94. The molecule has 0 saturated heterocycles. The average Bonchev–Trinajstić information content (AvgIpc) is 2.91. The topological polar surface area (TPSA) is 0 Å². The van der Waals surface area contributed by atoms with Gasteiger partial charge in [0.05, 0.1) is 0 Å². The fraction of sp³-hybridized carbons (Fsp3) is 0.625. The first kappa shape index (κ1) is 11.6. The molecule has 2 aliphatic rings. The van der Waals surface area contributed by atoms with Crippen molar-refractivity contribution in [3.05, 3.63) is 34.9 Å². The van der Waals surface area contributed by atoms with E-state index in [1.807, 2.05) is 0 Å². The normalized spacial score (nSPS) is 32.3. The van der Waals surface area contributed by atoms with Crippen molar-refractivity contribution in [1.29, 1.82) is 0 Å².